The zero-order valence-electron chi connectivity index (χ0n) is 16.5. The molecule has 0 atom stereocenters. The van der Waals surface area contributed by atoms with Crippen LogP contribution in [0.4, 0.5) is 0 Å². The van der Waals surface area contributed by atoms with Crippen LogP contribution in [0.5, 0.6) is 0 Å². The average molecular weight is 480 g/mol. The predicted octanol–water partition coefficient (Wildman–Crippen LogP) is 4.71. The van der Waals surface area contributed by atoms with Crippen molar-refractivity contribution in [1.82, 2.24) is 0 Å². The minimum atomic E-state index is 0. The molecule has 0 saturated heterocycles. The molecule has 0 bridgehead atoms. The Bertz CT molecular complexity index is 410. The molecule has 0 amide bonds. The van der Waals surface area contributed by atoms with Crippen molar-refractivity contribution in [2.45, 2.75) is 69.2 Å². The van der Waals surface area contributed by atoms with Crippen LogP contribution in [0, 0.1) is 69.2 Å². The van der Waals surface area contributed by atoms with Crippen molar-refractivity contribution < 1.29 is 25.8 Å². The molecule has 0 nitrogen and oxygen atoms in total. The number of hydrogen-bond acceptors (Lipinski definition) is 0. The molecule has 0 aliphatic heterocycles. The Labute approximate surface area is 161 Å². The van der Waals surface area contributed by atoms with E-state index in [2.05, 4.69) is 69.2 Å². The molecule has 22 heavy (non-hydrogen) atoms. The molecule has 0 saturated carbocycles. The fourth-order valence-corrected chi connectivity index (χ4v) is 2.81. The van der Waals surface area contributed by atoms with Crippen LogP contribution in [0.3, 0.4) is 0 Å². The van der Waals surface area contributed by atoms with Crippen molar-refractivity contribution in [2.75, 3.05) is 0 Å². The van der Waals surface area contributed by atoms with E-state index in [0.717, 1.165) is 0 Å². The molecule has 0 unspecified atom stereocenters. The van der Waals surface area contributed by atoms with Crippen LogP contribution >= 0.6 is 0 Å². The van der Waals surface area contributed by atoms with E-state index in [-0.39, 0.29) is 36.8 Å². The molecule has 2 aromatic carbocycles. The quantitative estimate of drug-likeness (QED) is 0.379. The van der Waals surface area contributed by atoms with E-state index in [9.17, 15) is 0 Å². The summed E-state index contributed by atoms with van der Waals surface area (Å²) in [6, 6.07) is 0. The fraction of sp³-hybridized carbons (Fsp3) is 0.500. The van der Waals surface area contributed by atoms with Gasteiger partial charge in [0, 0.05) is 25.8 Å². The SMILES string of the molecule is Cc1c(C)c(C)[c-](C)c1C.Cc1c(C)c(C)[c-](C)c1C.[Hf].[SiH3]. The van der Waals surface area contributed by atoms with Gasteiger partial charge in [-0.2, -0.15) is 55.6 Å². The third-order valence-electron chi connectivity index (χ3n) is 5.62. The van der Waals surface area contributed by atoms with Gasteiger partial charge in [0.25, 0.3) is 0 Å². The second-order valence-corrected chi connectivity index (χ2v) is 6.25. The molecule has 1 radical (unpaired) electrons. The Morgan fingerprint density at radius 2 is 0.591 bits per heavy atom. The molecule has 0 heterocycles. The van der Waals surface area contributed by atoms with E-state index < -0.39 is 0 Å². The number of hydrogen-bond donors (Lipinski definition) is 0. The second kappa shape index (κ2) is 9.17. The largest absolute Gasteiger partial charge is 0.196 e. The first-order valence-corrected chi connectivity index (χ1v) is 7.50. The molecule has 0 fully saturated rings. The molecule has 2 rings (SSSR count). The summed E-state index contributed by atoms with van der Waals surface area (Å²) >= 11 is 0. The summed E-state index contributed by atoms with van der Waals surface area (Å²) in [5, 5.41) is 0. The first kappa shape index (κ1) is 24.0. The van der Waals surface area contributed by atoms with Gasteiger partial charge in [0.05, 0.1) is 0 Å². The van der Waals surface area contributed by atoms with Crippen molar-refractivity contribution in [1.29, 1.82) is 0 Å². The van der Waals surface area contributed by atoms with Gasteiger partial charge >= 0.3 is 0 Å². The average Bonchev–Trinajstić information content (AvgIpc) is 2.71. The Hall–Kier alpha value is -0.213. The summed E-state index contributed by atoms with van der Waals surface area (Å²) < 4.78 is 0. The van der Waals surface area contributed by atoms with E-state index in [0.29, 0.717) is 0 Å². The van der Waals surface area contributed by atoms with E-state index in [4.69, 9.17) is 0 Å². The maximum atomic E-state index is 2.20. The molecule has 0 aliphatic carbocycles. The third kappa shape index (κ3) is 4.41. The van der Waals surface area contributed by atoms with Crippen molar-refractivity contribution in [3.8, 4) is 0 Å². The van der Waals surface area contributed by atoms with E-state index in [1.807, 2.05) is 0 Å². The van der Waals surface area contributed by atoms with Gasteiger partial charge in [0.1, 0.15) is 0 Å². The van der Waals surface area contributed by atoms with Crippen molar-refractivity contribution in [3.63, 3.8) is 0 Å². The van der Waals surface area contributed by atoms with Crippen molar-refractivity contribution in [3.05, 3.63) is 55.6 Å². The Kier molecular flexibility index (Phi) is 10.0. The van der Waals surface area contributed by atoms with E-state index >= 15 is 0 Å². The molecule has 0 spiro atoms. The Morgan fingerprint density at radius 1 is 0.455 bits per heavy atom. The maximum absolute atomic E-state index is 2.20. The van der Waals surface area contributed by atoms with Crippen molar-refractivity contribution in [2.24, 2.45) is 0 Å². The van der Waals surface area contributed by atoms with Crippen LogP contribution in [0.1, 0.15) is 55.6 Å². The third-order valence-corrected chi connectivity index (χ3v) is 5.62. The van der Waals surface area contributed by atoms with Crippen LogP contribution < -0.4 is 0 Å². The molecular formula is C20H33HfSi-2. The Morgan fingerprint density at radius 3 is 0.636 bits per heavy atom. The smallest absolute Gasteiger partial charge is 0 e. The minimum Gasteiger partial charge on any atom is -0.196 e. The molecule has 0 aliphatic rings. The maximum Gasteiger partial charge on any atom is 0 e. The zero-order chi connectivity index (χ0) is 15.8. The van der Waals surface area contributed by atoms with Gasteiger partial charge in [0.15, 0.2) is 0 Å². The van der Waals surface area contributed by atoms with E-state index in [1.165, 1.54) is 55.6 Å². The van der Waals surface area contributed by atoms with Crippen molar-refractivity contribution >= 4 is 11.0 Å². The van der Waals surface area contributed by atoms with Gasteiger partial charge in [0.2, 0.25) is 0 Å². The Balaban J connectivity index is 0. The summed E-state index contributed by atoms with van der Waals surface area (Å²) in [6.45, 7) is 22.0. The predicted molar refractivity (Wildman–Crippen MR) is 101 cm³/mol. The molecule has 0 N–H and O–H groups in total. The monoisotopic (exact) mass is 481 g/mol. The molecule has 2 heteroatoms. The molecule has 2 aromatic rings. The number of rotatable bonds is 0. The van der Waals surface area contributed by atoms with Gasteiger partial charge < -0.3 is 0 Å². The standard InChI is InChI=1S/2C10H15.Hf.H3Si/c2*1-6-7(2)9(4)10(5)8(6)3;;/h2*1-5H3;;1H3/q2*-1;;. The fourth-order valence-electron chi connectivity index (χ4n) is 2.81. The zero-order valence-corrected chi connectivity index (χ0v) is 22.1. The summed E-state index contributed by atoms with van der Waals surface area (Å²) in [5.41, 5.74) is 14.7. The van der Waals surface area contributed by atoms with Gasteiger partial charge in [-0.1, -0.05) is 69.2 Å². The summed E-state index contributed by atoms with van der Waals surface area (Å²) in [6.07, 6.45) is 0. The van der Waals surface area contributed by atoms with Gasteiger partial charge in [-0.3, -0.25) is 0 Å². The van der Waals surface area contributed by atoms with Gasteiger partial charge in [-0.25, -0.2) is 0 Å². The second-order valence-electron chi connectivity index (χ2n) is 6.25. The van der Waals surface area contributed by atoms with Gasteiger partial charge in [-0.15, -0.1) is 0 Å². The van der Waals surface area contributed by atoms with Gasteiger partial charge in [-0.05, 0) is 11.0 Å². The topological polar surface area (TPSA) is 0 Å². The first-order valence-electron chi connectivity index (χ1n) is 7.50. The summed E-state index contributed by atoms with van der Waals surface area (Å²) in [5.74, 6) is 0. The molecule has 0 aromatic heterocycles. The van der Waals surface area contributed by atoms with Crippen LogP contribution in [-0.2, 0) is 25.8 Å². The van der Waals surface area contributed by atoms with Crippen LogP contribution in [0.25, 0.3) is 0 Å². The van der Waals surface area contributed by atoms with Crippen LogP contribution in [0.15, 0.2) is 0 Å². The van der Waals surface area contributed by atoms with Crippen LogP contribution in [0.2, 0.25) is 0 Å². The molecular weight excluding hydrogens is 447 g/mol. The first-order chi connectivity index (χ1) is 9.11. The van der Waals surface area contributed by atoms with Crippen LogP contribution in [-0.4, -0.2) is 11.0 Å². The molecule has 123 valence electrons. The normalized spacial score (nSPS) is 9.55. The summed E-state index contributed by atoms with van der Waals surface area (Å²) in [7, 11) is 0. The minimum absolute atomic E-state index is 0. The summed E-state index contributed by atoms with van der Waals surface area (Å²) in [4.78, 5) is 0. The van der Waals surface area contributed by atoms with E-state index in [1.54, 1.807) is 0 Å².